The van der Waals surface area contributed by atoms with Crippen LogP contribution in [-0.4, -0.2) is 19.2 Å². The van der Waals surface area contributed by atoms with E-state index in [4.69, 9.17) is 4.74 Å². The van der Waals surface area contributed by atoms with Crippen molar-refractivity contribution in [2.24, 2.45) is 0 Å². The number of benzene rings is 1. The fraction of sp³-hybridized carbons (Fsp3) is 0.421. The smallest absolute Gasteiger partial charge is 0.315 e. The summed E-state index contributed by atoms with van der Waals surface area (Å²) in [6, 6.07) is 9.96. The lowest BCUT2D eigenvalue weighted by Gasteiger charge is -2.18. The number of thiophene rings is 1. The van der Waals surface area contributed by atoms with Crippen molar-refractivity contribution in [3.63, 3.8) is 0 Å². The molecular weight excluding hydrogens is 320 g/mol. The van der Waals surface area contributed by atoms with Gasteiger partial charge < -0.3 is 15.4 Å². The predicted octanol–water partition coefficient (Wildman–Crippen LogP) is 4.36. The zero-order chi connectivity index (χ0) is 17.7. The quantitative estimate of drug-likeness (QED) is 0.816. The molecule has 0 saturated heterocycles. The summed E-state index contributed by atoms with van der Waals surface area (Å²) in [6.07, 6.45) is 0.760. The molecule has 4 nitrogen and oxygen atoms in total. The van der Waals surface area contributed by atoms with E-state index in [-0.39, 0.29) is 18.1 Å². The number of aryl methyl sites for hydroxylation is 2. The molecular formula is C19H26N2O2S. The van der Waals surface area contributed by atoms with Gasteiger partial charge >= 0.3 is 6.03 Å². The lowest BCUT2D eigenvalue weighted by Crippen LogP contribution is -2.42. The maximum absolute atomic E-state index is 12.2. The highest BCUT2D eigenvalue weighted by molar-refractivity contribution is 7.12. The van der Waals surface area contributed by atoms with Crippen LogP contribution in [0.25, 0.3) is 0 Å². The van der Waals surface area contributed by atoms with Crippen LogP contribution in [0.5, 0.6) is 5.75 Å². The number of urea groups is 1. The first-order chi connectivity index (χ1) is 11.4. The molecule has 1 aromatic heterocycles. The summed E-state index contributed by atoms with van der Waals surface area (Å²) in [6.45, 7) is 8.20. The van der Waals surface area contributed by atoms with Crippen LogP contribution < -0.4 is 15.4 Å². The van der Waals surface area contributed by atoms with Crippen molar-refractivity contribution in [3.8, 4) is 5.75 Å². The molecule has 0 radical (unpaired) electrons. The molecule has 2 amide bonds. The van der Waals surface area contributed by atoms with E-state index in [0.29, 0.717) is 0 Å². The van der Waals surface area contributed by atoms with E-state index in [2.05, 4.69) is 30.5 Å². The average molecular weight is 346 g/mol. The number of ether oxygens (including phenoxy) is 1. The van der Waals surface area contributed by atoms with Crippen LogP contribution in [0.1, 0.15) is 40.8 Å². The monoisotopic (exact) mass is 346 g/mol. The lowest BCUT2D eigenvalue weighted by molar-refractivity contribution is 0.234. The van der Waals surface area contributed by atoms with Gasteiger partial charge in [-0.15, -0.1) is 11.3 Å². The first-order valence-corrected chi connectivity index (χ1v) is 8.97. The standard InChI is InChI=1S/C19H26N2O2S/c1-12(9-16-7-6-8-17(11-16)23-5)20-19(22)21-14(3)18-10-13(2)24-15(18)4/h6-8,10-12,14H,9H2,1-5H3,(H2,20,21,22). The highest BCUT2D eigenvalue weighted by atomic mass is 32.1. The summed E-state index contributed by atoms with van der Waals surface area (Å²) in [4.78, 5) is 14.7. The molecule has 0 bridgehead atoms. The molecule has 1 heterocycles. The Labute approximate surface area is 148 Å². The summed E-state index contributed by atoms with van der Waals surface area (Å²) in [5.74, 6) is 0.834. The first-order valence-electron chi connectivity index (χ1n) is 8.16. The van der Waals surface area contributed by atoms with Gasteiger partial charge in [0.25, 0.3) is 0 Å². The Morgan fingerprint density at radius 1 is 1.21 bits per heavy atom. The maximum atomic E-state index is 12.2. The molecule has 130 valence electrons. The van der Waals surface area contributed by atoms with Crippen molar-refractivity contribution >= 4 is 17.4 Å². The van der Waals surface area contributed by atoms with E-state index in [0.717, 1.165) is 17.7 Å². The van der Waals surface area contributed by atoms with Gasteiger partial charge in [0.15, 0.2) is 0 Å². The van der Waals surface area contributed by atoms with Gasteiger partial charge in [0.1, 0.15) is 5.75 Å². The second kappa shape index (κ2) is 8.20. The number of hydrogen-bond donors (Lipinski definition) is 2. The van der Waals surface area contributed by atoms with Crippen molar-refractivity contribution < 1.29 is 9.53 Å². The van der Waals surface area contributed by atoms with Crippen LogP contribution in [-0.2, 0) is 6.42 Å². The number of hydrogen-bond acceptors (Lipinski definition) is 3. The second-order valence-electron chi connectivity index (χ2n) is 6.16. The zero-order valence-corrected chi connectivity index (χ0v) is 15.8. The Morgan fingerprint density at radius 3 is 2.58 bits per heavy atom. The Hall–Kier alpha value is -2.01. The van der Waals surface area contributed by atoms with E-state index < -0.39 is 0 Å². The molecule has 2 aromatic rings. The Balaban J connectivity index is 1.88. The van der Waals surface area contributed by atoms with Crippen molar-refractivity contribution in [2.45, 2.75) is 46.2 Å². The van der Waals surface area contributed by atoms with Crippen LogP contribution >= 0.6 is 11.3 Å². The fourth-order valence-corrected chi connectivity index (χ4v) is 3.85. The molecule has 2 N–H and O–H groups in total. The van der Waals surface area contributed by atoms with Gasteiger partial charge in [-0.2, -0.15) is 0 Å². The van der Waals surface area contributed by atoms with Gasteiger partial charge in [0.2, 0.25) is 0 Å². The van der Waals surface area contributed by atoms with E-state index in [1.54, 1.807) is 18.4 Å². The van der Waals surface area contributed by atoms with Crippen LogP contribution in [0.4, 0.5) is 4.79 Å². The van der Waals surface area contributed by atoms with Crippen LogP contribution in [0.15, 0.2) is 30.3 Å². The van der Waals surface area contributed by atoms with Crippen LogP contribution in [0, 0.1) is 13.8 Å². The summed E-state index contributed by atoms with van der Waals surface area (Å²) < 4.78 is 5.23. The SMILES string of the molecule is COc1cccc(CC(C)NC(=O)NC(C)c2cc(C)sc2C)c1. The minimum atomic E-state index is -0.138. The van der Waals surface area contributed by atoms with Gasteiger partial charge in [-0.3, -0.25) is 0 Å². The molecule has 0 aliphatic rings. The van der Waals surface area contributed by atoms with Gasteiger partial charge in [-0.1, -0.05) is 12.1 Å². The molecule has 2 rings (SSSR count). The number of methoxy groups -OCH3 is 1. The predicted molar refractivity (Wildman–Crippen MR) is 100 cm³/mol. The van der Waals surface area contributed by atoms with Crippen molar-refractivity contribution in [3.05, 3.63) is 51.2 Å². The fourth-order valence-electron chi connectivity index (χ4n) is 2.82. The number of nitrogens with one attached hydrogen (secondary N) is 2. The summed E-state index contributed by atoms with van der Waals surface area (Å²) in [5.41, 5.74) is 2.33. The Bertz CT molecular complexity index is 696. The molecule has 1 aromatic carbocycles. The normalized spacial score (nSPS) is 13.2. The van der Waals surface area contributed by atoms with Crippen molar-refractivity contribution in [1.82, 2.24) is 10.6 Å². The van der Waals surface area contributed by atoms with Crippen LogP contribution in [0.3, 0.4) is 0 Å². The highest BCUT2D eigenvalue weighted by Gasteiger charge is 2.15. The van der Waals surface area contributed by atoms with E-state index in [1.165, 1.54) is 15.3 Å². The summed E-state index contributed by atoms with van der Waals surface area (Å²) in [5, 5.41) is 6.03. The van der Waals surface area contributed by atoms with Gasteiger partial charge in [-0.05, 0) is 63.4 Å². The summed E-state index contributed by atoms with van der Waals surface area (Å²) in [7, 11) is 1.66. The molecule has 2 unspecified atom stereocenters. The van der Waals surface area contributed by atoms with E-state index in [1.807, 2.05) is 38.1 Å². The van der Waals surface area contributed by atoms with E-state index >= 15 is 0 Å². The minimum absolute atomic E-state index is 0.000954. The van der Waals surface area contributed by atoms with Gasteiger partial charge in [0, 0.05) is 15.8 Å². The minimum Gasteiger partial charge on any atom is -0.497 e. The Morgan fingerprint density at radius 2 is 1.96 bits per heavy atom. The molecule has 0 fully saturated rings. The van der Waals surface area contributed by atoms with Gasteiger partial charge in [-0.25, -0.2) is 4.79 Å². The molecule has 2 atom stereocenters. The third-order valence-corrected chi connectivity index (χ3v) is 4.93. The highest BCUT2D eigenvalue weighted by Crippen LogP contribution is 2.26. The topological polar surface area (TPSA) is 50.4 Å². The summed E-state index contributed by atoms with van der Waals surface area (Å²) >= 11 is 1.76. The second-order valence-corrected chi connectivity index (χ2v) is 7.63. The molecule has 0 aliphatic carbocycles. The number of rotatable bonds is 6. The Kier molecular flexibility index (Phi) is 6.26. The maximum Gasteiger partial charge on any atom is 0.315 e. The average Bonchev–Trinajstić information content (AvgIpc) is 2.85. The van der Waals surface area contributed by atoms with Crippen LogP contribution in [0.2, 0.25) is 0 Å². The molecule has 0 spiro atoms. The molecule has 0 saturated carbocycles. The van der Waals surface area contributed by atoms with Crippen molar-refractivity contribution in [1.29, 1.82) is 0 Å². The first kappa shape index (κ1) is 18.3. The molecule has 5 heteroatoms. The van der Waals surface area contributed by atoms with E-state index in [9.17, 15) is 4.79 Å². The zero-order valence-electron chi connectivity index (χ0n) is 15.0. The number of carbonyl (C=O) groups is 1. The number of carbonyl (C=O) groups excluding carboxylic acids is 1. The van der Waals surface area contributed by atoms with Crippen molar-refractivity contribution in [2.75, 3.05) is 7.11 Å². The van der Waals surface area contributed by atoms with Gasteiger partial charge in [0.05, 0.1) is 13.2 Å². The molecule has 24 heavy (non-hydrogen) atoms. The third kappa shape index (κ3) is 4.99. The number of amides is 2. The molecule has 0 aliphatic heterocycles. The largest absolute Gasteiger partial charge is 0.497 e. The lowest BCUT2D eigenvalue weighted by atomic mass is 10.1. The third-order valence-electron chi connectivity index (χ3n) is 3.95.